The standard InChI is InChI=1S/C22H25ClN4O2/c1-6-27-18-11-19(29-5)15(10-17(18)14(2)12-22(27,3)4)13-25-26-21(28)16-8-7-9-24-20(16)23/h7-13H,6H2,1-5H3,(H,26,28)/b25-13-. The first-order chi connectivity index (χ1) is 13.8. The van der Waals surface area contributed by atoms with E-state index in [2.05, 4.69) is 54.2 Å². The van der Waals surface area contributed by atoms with Gasteiger partial charge in [-0.3, -0.25) is 4.79 Å². The Kier molecular flexibility index (Phi) is 5.94. The summed E-state index contributed by atoms with van der Waals surface area (Å²) < 4.78 is 5.59. The summed E-state index contributed by atoms with van der Waals surface area (Å²) >= 11 is 5.95. The van der Waals surface area contributed by atoms with Crippen LogP contribution in [0.2, 0.25) is 5.15 Å². The number of pyridine rings is 1. The number of hydrazone groups is 1. The molecule has 1 N–H and O–H groups in total. The Morgan fingerprint density at radius 3 is 2.83 bits per heavy atom. The maximum Gasteiger partial charge on any atom is 0.274 e. The lowest BCUT2D eigenvalue weighted by Crippen LogP contribution is -2.44. The quantitative estimate of drug-likeness (QED) is 0.445. The number of hydrogen-bond donors (Lipinski definition) is 1. The maximum absolute atomic E-state index is 12.3. The second-order valence-corrected chi connectivity index (χ2v) is 7.74. The predicted octanol–water partition coefficient (Wildman–Crippen LogP) is 4.53. The van der Waals surface area contributed by atoms with Gasteiger partial charge in [0.15, 0.2) is 0 Å². The lowest BCUT2D eigenvalue weighted by Gasteiger charge is -2.43. The lowest BCUT2D eigenvalue weighted by atomic mass is 9.88. The third-order valence-corrected chi connectivity index (χ3v) is 5.32. The Balaban J connectivity index is 1.91. The van der Waals surface area contributed by atoms with Gasteiger partial charge in [0, 0.05) is 35.6 Å². The molecule has 0 unspecified atom stereocenters. The van der Waals surface area contributed by atoms with Crippen LogP contribution in [0, 0.1) is 0 Å². The molecule has 1 aliphatic rings. The van der Waals surface area contributed by atoms with Gasteiger partial charge in [-0.2, -0.15) is 5.10 Å². The molecule has 29 heavy (non-hydrogen) atoms. The number of anilines is 1. The number of rotatable bonds is 5. The summed E-state index contributed by atoms with van der Waals surface area (Å²) in [6.45, 7) is 9.52. The fraction of sp³-hybridized carbons (Fsp3) is 0.318. The smallest absolute Gasteiger partial charge is 0.274 e. The molecule has 1 amide bonds. The number of benzene rings is 1. The van der Waals surface area contributed by atoms with E-state index in [-0.39, 0.29) is 16.3 Å². The Morgan fingerprint density at radius 2 is 2.17 bits per heavy atom. The molecule has 2 heterocycles. The van der Waals surface area contributed by atoms with Crippen LogP contribution in [0.25, 0.3) is 5.57 Å². The third-order valence-electron chi connectivity index (χ3n) is 5.02. The third kappa shape index (κ3) is 4.12. The van der Waals surface area contributed by atoms with E-state index in [0.29, 0.717) is 5.75 Å². The first-order valence-electron chi connectivity index (χ1n) is 9.42. The normalized spacial score (nSPS) is 15.1. The molecule has 152 valence electrons. The SMILES string of the molecule is CCN1c2cc(OC)c(/C=N\NC(=O)c3cccnc3Cl)cc2C(C)=CC1(C)C. The van der Waals surface area contributed by atoms with E-state index in [9.17, 15) is 4.79 Å². The maximum atomic E-state index is 12.3. The number of halogens is 1. The molecule has 0 saturated heterocycles. The molecule has 3 rings (SSSR count). The van der Waals surface area contributed by atoms with Gasteiger partial charge >= 0.3 is 0 Å². The average molecular weight is 413 g/mol. The van der Waals surface area contributed by atoms with E-state index in [0.717, 1.165) is 23.4 Å². The van der Waals surface area contributed by atoms with Gasteiger partial charge in [-0.25, -0.2) is 10.4 Å². The van der Waals surface area contributed by atoms with Crippen molar-refractivity contribution in [3.05, 3.63) is 58.4 Å². The minimum Gasteiger partial charge on any atom is -0.496 e. The van der Waals surface area contributed by atoms with Crippen molar-refractivity contribution >= 4 is 35.0 Å². The largest absolute Gasteiger partial charge is 0.496 e. The van der Waals surface area contributed by atoms with Crippen molar-refractivity contribution in [2.45, 2.75) is 33.2 Å². The van der Waals surface area contributed by atoms with Gasteiger partial charge < -0.3 is 9.64 Å². The molecule has 0 saturated carbocycles. The van der Waals surface area contributed by atoms with Gasteiger partial charge in [-0.1, -0.05) is 17.7 Å². The number of likely N-dealkylation sites (N-methyl/N-ethyl adjacent to an activating group) is 1. The zero-order valence-electron chi connectivity index (χ0n) is 17.3. The van der Waals surface area contributed by atoms with Crippen molar-refractivity contribution in [2.75, 3.05) is 18.6 Å². The van der Waals surface area contributed by atoms with Gasteiger partial charge in [0.05, 0.1) is 24.4 Å². The zero-order valence-corrected chi connectivity index (χ0v) is 18.0. The van der Waals surface area contributed by atoms with Crippen LogP contribution in [0.3, 0.4) is 0 Å². The van der Waals surface area contributed by atoms with E-state index in [1.807, 2.05) is 12.1 Å². The molecular formula is C22H25ClN4O2. The lowest BCUT2D eigenvalue weighted by molar-refractivity contribution is 0.0955. The molecule has 0 atom stereocenters. The van der Waals surface area contributed by atoms with E-state index < -0.39 is 5.91 Å². The van der Waals surface area contributed by atoms with Gasteiger partial charge in [0.25, 0.3) is 5.91 Å². The molecule has 0 bridgehead atoms. The van der Waals surface area contributed by atoms with Gasteiger partial charge in [-0.05, 0) is 51.5 Å². The van der Waals surface area contributed by atoms with Crippen LogP contribution in [-0.4, -0.2) is 36.3 Å². The molecule has 7 heteroatoms. The van der Waals surface area contributed by atoms with Crippen molar-refractivity contribution < 1.29 is 9.53 Å². The summed E-state index contributed by atoms with van der Waals surface area (Å²) in [6, 6.07) is 7.30. The van der Waals surface area contributed by atoms with Crippen LogP contribution in [0.5, 0.6) is 5.75 Å². The topological polar surface area (TPSA) is 66.8 Å². The molecular weight excluding hydrogens is 388 g/mol. The number of nitrogens with zero attached hydrogens (tertiary/aromatic N) is 3. The van der Waals surface area contributed by atoms with Crippen molar-refractivity contribution in [1.82, 2.24) is 10.4 Å². The Labute approximate surface area is 176 Å². The average Bonchev–Trinajstić information content (AvgIpc) is 2.67. The highest BCUT2D eigenvalue weighted by molar-refractivity contribution is 6.32. The number of carbonyl (C=O) groups is 1. The van der Waals surface area contributed by atoms with E-state index in [1.165, 1.54) is 11.8 Å². The summed E-state index contributed by atoms with van der Waals surface area (Å²) in [5.74, 6) is 0.261. The summed E-state index contributed by atoms with van der Waals surface area (Å²) in [6.07, 6.45) is 5.36. The van der Waals surface area contributed by atoms with Crippen LogP contribution in [0.1, 0.15) is 49.2 Å². The molecule has 0 spiro atoms. The van der Waals surface area contributed by atoms with Crippen LogP contribution in [-0.2, 0) is 0 Å². The second kappa shape index (κ2) is 8.25. The Bertz CT molecular complexity index is 998. The number of methoxy groups -OCH3 is 1. The van der Waals surface area contributed by atoms with Crippen LogP contribution in [0.4, 0.5) is 5.69 Å². The molecule has 0 fully saturated rings. The van der Waals surface area contributed by atoms with Crippen LogP contribution >= 0.6 is 11.6 Å². The van der Waals surface area contributed by atoms with Crippen molar-refractivity contribution in [1.29, 1.82) is 0 Å². The van der Waals surface area contributed by atoms with Crippen molar-refractivity contribution in [2.24, 2.45) is 5.10 Å². The van der Waals surface area contributed by atoms with Gasteiger partial charge in [0.2, 0.25) is 0 Å². The number of allylic oxidation sites excluding steroid dienone is 1. The van der Waals surface area contributed by atoms with Crippen LogP contribution in [0.15, 0.2) is 41.6 Å². The molecule has 1 aromatic carbocycles. The van der Waals surface area contributed by atoms with Crippen LogP contribution < -0.4 is 15.1 Å². The minimum absolute atomic E-state index is 0.0799. The highest BCUT2D eigenvalue weighted by Crippen LogP contribution is 2.41. The van der Waals surface area contributed by atoms with Gasteiger partial charge in [0.1, 0.15) is 10.9 Å². The fourth-order valence-electron chi connectivity index (χ4n) is 3.75. The van der Waals surface area contributed by atoms with Gasteiger partial charge in [-0.15, -0.1) is 0 Å². The zero-order chi connectivity index (χ0) is 21.2. The first kappa shape index (κ1) is 20.9. The molecule has 1 aliphatic heterocycles. The number of ether oxygens (including phenoxy) is 1. The van der Waals surface area contributed by atoms with E-state index in [1.54, 1.807) is 25.5 Å². The Morgan fingerprint density at radius 1 is 1.41 bits per heavy atom. The number of amides is 1. The van der Waals surface area contributed by atoms with E-state index >= 15 is 0 Å². The Hall–Kier alpha value is -2.86. The number of nitrogens with one attached hydrogen (secondary N) is 1. The summed E-state index contributed by atoms with van der Waals surface area (Å²) in [4.78, 5) is 18.5. The second-order valence-electron chi connectivity index (χ2n) is 7.38. The highest BCUT2D eigenvalue weighted by Gasteiger charge is 2.31. The number of carbonyl (C=O) groups excluding carboxylic acids is 1. The molecule has 2 aromatic rings. The molecule has 6 nitrogen and oxygen atoms in total. The van der Waals surface area contributed by atoms with Crippen molar-refractivity contribution in [3.63, 3.8) is 0 Å². The summed E-state index contributed by atoms with van der Waals surface area (Å²) in [5, 5.41) is 4.22. The summed E-state index contributed by atoms with van der Waals surface area (Å²) in [7, 11) is 1.63. The van der Waals surface area contributed by atoms with Crippen molar-refractivity contribution in [3.8, 4) is 5.75 Å². The summed E-state index contributed by atoms with van der Waals surface area (Å²) in [5.41, 5.74) is 6.88. The van der Waals surface area contributed by atoms with E-state index in [4.69, 9.17) is 16.3 Å². The molecule has 0 aliphatic carbocycles. The predicted molar refractivity (Wildman–Crippen MR) is 118 cm³/mol. The molecule has 1 aromatic heterocycles. The monoisotopic (exact) mass is 412 g/mol. The number of fused-ring (bicyclic) bond motifs is 1. The number of hydrogen-bond acceptors (Lipinski definition) is 5. The first-order valence-corrected chi connectivity index (χ1v) is 9.79. The fourth-order valence-corrected chi connectivity index (χ4v) is 3.96. The molecule has 0 radical (unpaired) electrons. The highest BCUT2D eigenvalue weighted by atomic mass is 35.5. The number of aromatic nitrogens is 1. The minimum atomic E-state index is -0.425.